The minimum absolute atomic E-state index is 0.0846. The SMILES string of the molecule is C=C/C=C(\C=C/C)Oc1ccc(C(c2ccc(Cc3ccccc3)cc2)(C(F)(F)F)C(F)(F)F)cc1. The van der Waals surface area contributed by atoms with Crippen LogP contribution >= 0.6 is 0 Å². The highest BCUT2D eigenvalue weighted by molar-refractivity contribution is 5.47. The van der Waals surface area contributed by atoms with Gasteiger partial charge in [0.2, 0.25) is 5.41 Å². The summed E-state index contributed by atoms with van der Waals surface area (Å²) in [6.07, 6.45) is -4.72. The molecule has 0 fully saturated rings. The number of alkyl halides is 6. The molecule has 0 saturated carbocycles. The Morgan fingerprint density at radius 2 is 1.25 bits per heavy atom. The number of rotatable bonds is 8. The number of allylic oxidation sites excluding steroid dienone is 4. The second-order valence-corrected chi connectivity index (χ2v) is 8.04. The molecule has 0 spiro atoms. The first-order valence-corrected chi connectivity index (χ1v) is 11.0. The van der Waals surface area contributed by atoms with E-state index in [9.17, 15) is 26.3 Å². The van der Waals surface area contributed by atoms with Gasteiger partial charge in [0.05, 0.1) is 0 Å². The van der Waals surface area contributed by atoms with Crippen molar-refractivity contribution >= 4 is 0 Å². The van der Waals surface area contributed by atoms with Crippen molar-refractivity contribution in [2.45, 2.75) is 31.1 Å². The van der Waals surface area contributed by atoms with Crippen molar-refractivity contribution < 1.29 is 31.1 Å². The van der Waals surface area contributed by atoms with Gasteiger partial charge in [-0.25, -0.2) is 0 Å². The fourth-order valence-electron chi connectivity index (χ4n) is 4.00. The van der Waals surface area contributed by atoms with E-state index in [-0.39, 0.29) is 5.75 Å². The van der Waals surface area contributed by atoms with Crippen LogP contribution in [0.4, 0.5) is 26.3 Å². The van der Waals surface area contributed by atoms with Gasteiger partial charge in [-0.2, -0.15) is 26.3 Å². The normalized spacial score (nSPS) is 13.1. The Hall–Kier alpha value is -3.74. The summed E-state index contributed by atoms with van der Waals surface area (Å²) in [5, 5.41) is 0. The number of hydrogen-bond donors (Lipinski definition) is 0. The third kappa shape index (κ3) is 5.56. The second kappa shape index (κ2) is 10.9. The van der Waals surface area contributed by atoms with Crippen LogP contribution in [-0.4, -0.2) is 12.4 Å². The Morgan fingerprint density at radius 1 is 0.750 bits per heavy atom. The lowest BCUT2D eigenvalue weighted by Crippen LogP contribution is -2.54. The molecule has 3 aromatic carbocycles. The molecule has 1 nitrogen and oxygen atoms in total. The number of hydrogen-bond acceptors (Lipinski definition) is 1. The summed E-state index contributed by atoms with van der Waals surface area (Å²) in [7, 11) is 0. The van der Waals surface area contributed by atoms with Crippen molar-refractivity contribution in [2.24, 2.45) is 0 Å². The summed E-state index contributed by atoms with van der Waals surface area (Å²) < 4.78 is 92.1. The molecule has 7 heteroatoms. The molecule has 3 aromatic rings. The van der Waals surface area contributed by atoms with E-state index in [2.05, 4.69) is 6.58 Å². The van der Waals surface area contributed by atoms with Gasteiger partial charge in [-0.05, 0) is 59.9 Å². The number of benzene rings is 3. The molecule has 0 bridgehead atoms. The number of halogens is 6. The molecular weight excluding hydrogens is 478 g/mol. The Labute approximate surface area is 206 Å². The average molecular weight is 502 g/mol. The largest absolute Gasteiger partial charge is 0.457 e. The molecular formula is C29H24F6O. The molecule has 0 unspecified atom stereocenters. The maximum Gasteiger partial charge on any atom is 0.411 e. The van der Waals surface area contributed by atoms with Crippen LogP contribution in [0, 0.1) is 0 Å². The van der Waals surface area contributed by atoms with Crippen molar-refractivity contribution in [1.82, 2.24) is 0 Å². The topological polar surface area (TPSA) is 9.23 Å². The molecule has 0 radical (unpaired) electrons. The predicted molar refractivity (Wildman–Crippen MR) is 129 cm³/mol. The third-order valence-electron chi connectivity index (χ3n) is 5.62. The minimum atomic E-state index is -5.66. The highest BCUT2D eigenvalue weighted by Crippen LogP contribution is 2.56. The van der Waals surface area contributed by atoms with Crippen LogP contribution in [-0.2, 0) is 11.8 Å². The molecule has 0 N–H and O–H groups in total. The summed E-state index contributed by atoms with van der Waals surface area (Å²) in [5.41, 5.74) is -4.59. The van der Waals surface area contributed by atoms with Gasteiger partial charge < -0.3 is 4.74 Å². The average Bonchev–Trinajstić information content (AvgIpc) is 2.81. The Kier molecular flexibility index (Phi) is 8.13. The Balaban J connectivity index is 2.06. The van der Waals surface area contributed by atoms with Crippen molar-refractivity contribution in [2.75, 3.05) is 0 Å². The summed E-state index contributed by atoms with van der Waals surface area (Å²) >= 11 is 0. The lowest BCUT2D eigenvalue weighted by atomic mass is 9.72. The summed E-state index contributed by atoms with van der Waals surface area (Å²) in [4.78, 5) is 0. The second-order valence-electron chi connectivity index (χ2n) is 8.04. The molecule has 0 amide bonds. The van der Waals surface area contributed by atoms with Crippen molar-refractivity contribution in [3.8, 4) is 5.75 Å². The summed E-state index contributed by atoms with van der Waals surface area (Å²) in [6.45, 7) is 5.28. The first-order chi connectivity index (χ1) is 17.0. The lowest BCUT2D eigenvalue weighted by molar-refractivity contribution is -0.288. The third-order valence-corrected chi connectivity index (χ3v) is 5.62. The molecule has 0 saturated heterocycles. The summed E-state index contributed by atoms with van der Waals surface area (Å²) in [5.74, 6) is 0.411. The van der Waals surface area contributed by atoms with Gasteiger partial charge in [0.1, 0.15) is 11.5 Å². The Bertz CT molecular complexity index is 1190. The lowest BCUT2D eigenvalue weighted by Gasteiger charge is -2.38. The van der Waals surface area contributed by atoms with E-state index >= 15 is 0 Å². The van der Waals surface area contributed by atoms with Gasteiger partial charge in [-0.15, -0.1) is 0 Å². The fourth-order valence-corrected chi connectivity index (χ4v) is 4.00. The first-order valence-electron chi connectivity index (χ1n) is 11.0. The van der Waals surface area contributed by atoms with Crippen LogP contribution in [0.2, 0.25) is 0 Å². The number of ether oxygens (including phenoxy) is 1. The van der Waals surface area contributed by atoms with E-state index in [0.717, 1.165) is 42.0 Å². The highest BCUT2D eigenvalue weighted by atomic mass is 19.4. The molecule has 0 aliphatic rings. The van der Waals surface area contributed by atoms with Crippen LogP contribution in [0.3, 0.4) is 0 Å². The van der Waals surface area contributed by atoms with Crippen LogP contribution in [0.25, 0.3) is 0 Å². The monoisotopic (exact) mass is 502 g/mol. The highest BCUT2D eigenvalue weighted by Gasteiger charge is 2.72. The zero-order valence-electron chi connectivity index (χ0n) is 19.4. The molecule has 0 aromatic heterocycles. The van der Waals surface area contributed by atoms with Crippen LogP contribution in [0.5, 0.6) is 5.75 Å². The quantitative estimate of drug-likeness (QED) is 0.170. The molecule has 3 rings (SSSR count). The molecule has 0 atom stereocenters. The van der Waals surface area contributed by atoms with Crippen LogP contribution in [0.1, 0.15) is 29.2 Å². The van der Waals surface area contributed by atoms with E-state index in [4.69, 9.17) is 4.74 Å². The first kappa shape index (κ1) is 26.9. The molecule has 0 aliphatic heterocycles. The van der Waals surface area contributed by atoms with Crippen molar-refractivity contribution in [3.05, 3.63) is 138 Å². The minimum Gasteiger partial charge on any atom is -0.457 e. The van der Waals surface area contributed by atoms with Crippen molar-refractivity contribution in [3.63, 3.8) is 0 Å². The predicted octanol–water partition coefficient (Wildman–Crippen LogP) is 8.71. The van der Waals surface area contributed by atoms with Gasteiger partial charge in [0, 0.05) is 0 Å². The van der Waals surface area contributed by atoms with Gasteiger partial charge >= 0.3 is 12.4 Å². The zero-order chi connectivity index (χ0) is 26.4. The van der Waals surface area contributed by atoms with Gasteiger partial charge in [0.25, 0.3) is 0 Å². The summed E-state index contributed by atoms with van der Waals surface area (Å²) in [6, 6.07) is 17.3. The van der Waals surface area contributed by atoms with E-state index < -0.39 is 28.9 Å². The molecule has 0 aliphatic carbocycles. The maximum absolute atomic E-state index is 14.4. The van der Waals surface area contributed by atoms with Gasteiger partial charge in [0.15, 0.2) is 0 Å². The molecule has 36 heavy (non-hydrogen) atoms. The van der Waals surface area contributed by atoms with E-state index in [1.165, 1.54) is 24.3 Å². The van der Waals surface area contributed by atoms with E-state index in [1.54, 1.807) is 19.1 Å². The zero-order valence-corrected chi connectivity index (χ0v) is 19.4. The van der Waals surface area contributed by atoms with Gasteiger partial charge in [-0.1, -0.05) is 85.5 Å². The van der Waals surface area contributed by atoms with Crippen LogP contribution < -0.4 is 4.74 Å². The maximum atomic E-state index is 14.4. The van der Waals surface area contributed by atoms with Crippen molar-refractivity contribution in [1.29, 1.82) is 0 Å². The fraction of sp³-hybridized carbons (Fsp3) is 0.172. The van der Waals surface area contributed by atoms with Crippen LogP contribution in [0.15, 0.2) is 116 Å². The van der Waals surface area contributed by atoms with Gasteiger partial charge in [-0.3, -0.25) is 0 Å². The smallest absolute Gasteiger partial charge is 0.411 e. The molecule has 0 heterocycles. The Morgan fingerprint density at radius 3 is 1.72 bits per heavy atom. The van der Waals surface area contributed by atoms with E-state index in [0.29, 0.717) is 17.7 Å². The van der Waals surface area contributed by atoms with E-state index in [1.807, 2.05) is 30.3 Å². The standard InChI is InChI=1S/C29H24F6O/c1-3-8-25(9-4-2)36-26-18-16-24(17-19-26)27(28(30,31)32,29(33,34)35)23-14-12-22(13-15-23)20-21-10-6-5-7-11-21/h3-19H,1,20H2,2H3/b9-4-,25-8+. The molecule has 188 valence electrons.